The molecule has 0 spiro atoms. The molecule has 2 aromatic rings. The molecule has 3 heterocycles. The Hall–Kier alpha value is -1.33. The lowest BCUT2D eigenvalue weighted by Crippen LogP contribution is -2.45. The zero-order valence-electron chi connectivity index (χ0n) is 10.2. The smallest absolute Gasteiger partial charge is 0.169 e. The van der Waals surface area contributed by atoms with E-state index < -0.39 is 0 Å². The van der Waals surface area contributed by atoms with E-state index in [0.29, 0.717) is 0 Å². The number of rotatable bonds is 1. The molecule has 1 N–H and O–H groups in total. The SMILES string of the molecule is CNC(=S)N1CCn2cccc2[C@@H]1c1cccs1. The van der Waals surface area contributed by atoms with E-state index >= 15 is 0 Å². The van der Waals surface area contributed by atoms with E-state index in [0.717, 1.165) is 18.2 Å². The van der Waals surface area contributed by atoms with E-state index in [9.17, 15) is 0 Å². The van der Waals surface area contributed by atoms with Crippen LogP contribution in [0.2, 0.25) is 0 Å². The molecule has 1 atom stereocenters. The van der Waals surface area contributed by atoms with Gasteiger partial charge in [0.1, 0.15) is 6.04 Å². The summed E-state index contributed by atoms with van der Waals surface area (Å²) in [5.41, 5.74) is 1.32. The summed E-state index contributed by atoms with van der Waals surface area (Å²) < 4.78 is 2.32. The topological polar surface area (TPSA) is 20.2 Å². The third-order valence-corrected chi connectivity index (χ3v) is 4.69. The highest BCUT2D eigenvalue weighted by Crippen LogP contribution is 2.34. The van der Waals surface area contributed by atoms with Crippen molar-refractivity contribution in [1.82, 2.24) is 14.8 Å². The van der Waals surface area contributed by atoms with E-state index in [2.05, 4.69) is 50.6 Å². The summed E-state index contributed by atoms with van der Waals surface area (Å²) >= 11 is 7.23. The van der Waals surface area contributed by atoms with Gasteiger partial charge in [0.05, 0.1) is 0 Å². The maximum atomic E-state index is 5.44. The fourth-order valence-corrected chi connectivity index (χ4v) is 3.54. The minimum atomic E-state index is 0.244. The second-order valence-electron chi connectivity index (χ2n) is 4.29. The van der Waals surface area contributed by atoms with Crippen LogP contribution >= 0.6 is 23.6 Å². The first kappa shape index (κ1) is 11.7. The maximum absolute atomic E-state index is 5.44. The number of thiocarbonyl (C=S) groups is 1. The van der Waals surface area contributed by atoms with Crippen LogP contribution in [0.25, 0.3) is 0 Å². The van der Waals surface area contributed by atoms with Gasteiger partial charge in [0, 0.05) is 36.9 Å². The fourth-order valence-electron chi connectivity index (χ4n) is 2.49. The molecule has 0 amide bonds. The summed E-state index contributed by atoms with van der Waals surface area (Å²) in [4.78, 5) is 3.61. The predicted octanol–water partition coefficient (Wildman–Crippen LogP) is 2.46. The minimum Gasteiger partial charge on any atom is -0.366 e. The van der Waals surface area contributed by atoms with Crippen LogP contribution in [-0.2, 0) is 6.54 Å². The van der Waals surface area contributed by atoms with Crippen LogP contribution in [0.1, 0.15) is 16.6 Å². The maximum Gasteiger partial charge on any atom is 0.169 e. The van der Waals surface area contributed by atoms with Crippen molar-refractivity contribution >= 4 is 28.7 Å². The average Bonchev–Trinajstić information content (AvgIpc) is 3.07. The lowest BCUT2D eigenvalue weighted by molar-refractivity contribution is 0.291. The second kappa shape index (κ2) is 4.74. The lowest BCUT2D eigenvalue weighted by Gasteiger charge is -2.38. The molecular weight excluding hydrogens is 262 g/mol. The molecule has 3 nitrogen and oxygen atoms in total. The van der Waals surface area contributed by atoms with Crippen molar-refractivity contribution in [1.29, 1.82) is 0 Å². The third-order valence-electron chi connectivity index (χ3n) is 3.33. The largest absolute Gasteiger partial charge is 0.366 e. The molecule has 94 valence electrons. The number of hydrogen-bond donors (Lipinski definition) is 1. The van der Waals surface area contributed by atoms with E-state index in [1.54, 1.807) is 11.3 Å². The number of thiophene rings is 1. The molecule has 0 saturated heterocycles. The molecule has 2 aromatic heterocycles. The molecule has 0 aliphatic carbocycles. The summed E-state index contributed by atoms with van der Waals surface area (Å²) in [6.45, 7) is 1.94. The number of hydrogen-bond acceptors (Lipinski definition) is 2. The third kappa shape index (κ3) is 1.83. The molecule has 1 aliphatic rings. The van der Waals surface area contributed by atoms with Crippen LogP contribution in [-0.4, -0.2) is 28.2 Å². The van der Waals surface area contributed by atoms with Crippen molar-refractivity contribution in [3.63, 3.8) is 0 Å². The Balaban J connectivity index is 2.05. The molecule has 0 radical (unpaired) electrons. The summed E-state index contributed by atoms with van der Waals surface area (Å²) in [5.74, 6) is 0. The van der Waals surface area contributed by atoms with Crippen LogP contribution in [0.15, 0.2) is 35.8 Å². The molecule has 0 unspecified atom stereocenters. The van der Waals surface area contributed by atoms with Crippen LogP contribution in [0.3, 0.4) is 0 Å². The highest BCUT2D eigenvalue weighted by molar-refractivity contribution is 7.80. The van der Waals surface area contributed by atoms with Crippen molar-refractivity contribution in [3.05, 3.63) is 46.4 Å². The summed E-state index contributed by atoms with van der Waals surface area (Å²) in [6, 6.07) is 8.83. The molecule has 18 heavy (non-hydrogen) atoms. The van der Waals surface area contributed by atoms with Crippen LogP contribution < -0.4 is 5.32 Å². The molecule has 5 heteroatoms. The van der Waals surface area contributed by atoms with E-state index in [1.807, 2.05) is 7.05 Å². The van der Waals surface area contributed by atoms with E-state index in [4.69, 9.17) is 12.2 Å². The Morgan fingerprint density at radius 2 is 2.28 bits per heavy atom. The van der Waals surface area contributed by atoms with Crippen molar-refractivity contribution in [3.8, 4) is 0 Å². The van der Waals surface area contributed by atoms with Gasteiger partial charge in [-0.25, -0.2) is 0 Å². The summed E-state index contributed by atoms with van der Waals surface area (Å²) in [6.07, 6.45) is 2.15. The highest BCUT2D eigenvalue weighted by Gasteiger charge is 2.30. The van der Waals surface area contributed by atoms with Gasteiger partial charge in [-0.15, -0.1) is 11.3 Å². The Labute approximate surface area is 116 Å². The molecule has 1 aliphatic heterocycles. The Kier molecular flexibility index (Phi) is 3.09. The molecule has 3 rings (SSSR count). The van der Waals surface area contributed by atoms with Gasteiger partial charge in [0.2, 0.25) is 0 Å². The van der Waals surface area contributed by atoms with Gasteiger partial charge in [-0.3, -0.25) is 0 Å². The lowest BCUT2D eigenvalue weighted by atomic mass is 10.1. The van der Waals surface area contributed by atoms with Gasteiger partial charge >= 0.3 is 0 Å². The Bertz CT molecular complexity index is 544. The van der Waals surface area contributed by atoms with Gasteiger partial charge in [0.25, 0.3) is 0 Å². The number of nitrogens with one attached hydrogen (secondary N) is 1. The van der Waals surface area contributed by atoms with Crippen molar-refractivity contribution < 1.29 is 0 Å². The fraction of sp³-hybridized carbons (Fsp3) is 0.308. The van der Waals surface area contributed by atoms with E-state index in [1.165, 1.54) is 10.6 Å². The molecular formula is C13H15N3S2. The Morgan fingerprint density at radius 1 is 1.39 bits per heavy atom. The molecule has 0 bridgehead atoms. The molecule has 0 saturated carbocycles. The first-order chi connectivity index (χ1) is 8.81. The number of fused-ring (bicyclic) bond motifs is 1. The molecule has 0 fully saturated rings. The summed E-state index contributed by atoms with van der Waals surface area (Å²) in [5, 5.41) is 6.05. The summed E-state index contributed by atoms with van der Waals surface area (Å²) in [7, 11) is 1.89. The van der Waals surface area contributed by atoms with Crippen LogP contribution in [0, 0.1) is 0 Å². The van der Waals surface area contributed by atoms with Crippen molar-refractivity contribution in [2.24, 2.45) is 0 Å². The second-order valence-corrected chi connectivity index (χ2v) is 5.66. The first-order valence-corrected chi connectivity index (χ1v) is 7.27. The van der Waals surface area contributed by atoms with Gasteiger partial charge in [-0.1, -0.05) is 6.07 Å². The van der Waals surface area contributed by atoms with Gasteiger partial charge in [-0.2, -0.15) is 0 Å². The minimum absolute atomic E-state index is 0.244. The first-order valence-electron chi connectivity index (χ1n) is 5.98. The van der Waals surface area contributed by atoms with Gasteiger partial charge in [0.15, 0.2) is 5.11 Å². The predicted molar refractivity (Wildman–Crippen MR) is 79.0 cm³/mol. The van der Waals surface area contributed by atoms with Gasteiger partial charge < -0.3 is 14.8 Å². The van der Waals surface area contributed by atoms with E-state index in [-0.39, 0.29) is 6.04 Å². The average molecular weight is 277 g/mol. The normalized spacial score (nSPS) is 18.5. The number of nitrogens with zero attached hydrogens (tertiary/aromatic N) is 2. The van der Waals surface area contributed by atoms with Crippen LogP contribution in [0.5, 0.6) is 0 Å². The number of aromatic nitrogens is 1. The zero-order valence-corrected chi connectivity index (χ0v) is 11.8. The monoisotopic (exact) mass is 277 g/mol. The van der Waals surface area contributed by atoms with Crippen LogP contribution in [0.4, 0.5) is 0 Å². The molecule has 0 aromatic carbocycles. The quantitative estimate of drug-likeness (QED) is 0.809. The van der Waals surface area contributed by atoms with Crippen molar-refractivity contribution in [2.75, 3.05) is 13.6 Å². The highest BCUT2D eigenvalue weighted by atomic mass is 32.1. The standard InChI is InChI=1S/C13H15N3S2/c1-14-13(17)16-8-7-15-6-2-4-10(15)12(16)11-5-3-9-18-11/h2-6,9,12H,7-8H2,1H3,(H,14,17)/t12-/m1/s1. The Morgan fingerprint density at radius 3 is 3.00 bits per heavy atom. The zero-order chi connectivity index (χ0) is 12.5. The van der Waals surface area contributed by atoms with Crippen molar-refractivity contribution in [2.45, 2.75) is 12.6 Å². The van der Waals surface area contributed by atoms with Gasteiger partial charge in [-0.05, 0) is 35.8 Å².